The molecule has 65 heavy (non-hydrogen) atoms. The number of methoxy groups -OCH3 is 2. The maximum absolute atomic E-state index is 15.4. The van der Waals surface area contributed by atoms with Crippen molar-refractivity contribution >= 4 is 63.5 Å². The molecule has 4 unspecified atom stereocenters. The van der Waals surface area contributed by atoms with E-state index in [9.17, 15) is 37.5 Å². The van der Waals surface area contributed by atoms with Crippen LogP contribution in [0.3, 0.4) is 0 Å². The largest absolute Gasteiger partial charge is 0.508 e. The van der Waals surface area contributed by atoms with Crippen LogP contribution in [0.5, 0.6) is 17.2 Å². The van der Waals surface area contributed by atoms with Gasteiger partial charge < -0.3 is 19.1 Å². The molecule has 2 fully saturated rings. The number of imide groups is 1. The molecule has 2 aliphatic heterocycles. The summed E-state index contributed by atoms with van der Waals surface area (Å²) < 4.78 is 56.2. The Hall–Kier alpha value is -6.57. The second-order valence-electron chi connectivity index (χ2n) is 15.7. The average Bonchev–Trinajstić information content (AvgIpc) is 3.65. The van der Waals surface area contributed by atoms with E-state index in [2.05, 4.69) is 15.4 Å². The zero-order valence-electron chi connectivity index (χ0n) is 34.2. The van der Waals surface area contributed by atoms with Crippen molar-refractivity contribution in [2.45, 2.75) is 49.5 Å². The van der Waals surface area contributed by atoms with Gasteiger partial charge in [0.2, 0.25) is 0 Å². The second-order valence-corrected chi connectivity index (χ2v) is 17.0. The standard InChI is InChI=1S/C43H34Cl3F3N8O8/c1-53-31-18-34(65-3)33(64-2)17-29(31)51-28(38(53)60)11-12-54-40(62)55-13-10-24-30(57(55)41(54)63)16-26-37(59)56(52-36-27(46)14-21(19-50-36)43(47,48)49)39(61)42(26,20-4-6-22(44)7-5-20)35(24)25-15-23(45)8-9-32(25)58/h4-10,14-15,17-19,26,30,35,58H,11-13,16H2,1-3H3,(H,50,52). The molecule has 2 N–H and O–H groups in total. The number of nitrogens with one attached hydrogen (secondary N) is 1. The number of alkyl halides is 3. The number of amides is 2. The maximum atomic E-state index is 15.4. The molecule has 0 spiro atoms. The summed E-state index contributed by atoms with van der Waals surface area (Å²) in [6, 6.07) is 13.0. The van der Waals surface area contributed by atoms with Crippen molar-refractivity contribution in [3.63, 3.8) is 0 Å². The Morgan fingerprint density at radius 1 is 0.923 bits per heavy atom. The molecule has 336 valence electrons. The Balaban J connectivity index is 1.17. The number of phenols is 1. The van der Waals surface area contributed by atoms with Gasteiger partial charge >= 0.3 is 17.6 Å². The van der Waals surface area contributed by atoms with Gasteiger partial charge in [0.05, 0.1) is 59.8 Å². The van der Waals surface area contributed by atoms with Crippen LogP contribution in [0.15, 0.2) is 92.9 Å². The molecular weight excluding hydrogens is 920 g/mol. The Labute approximate surface area is 379 Å². The number of carbonyl (C=O) groups excluding carboxylic acids is 2. The van der Waals surface area contributed by atoms with Crippen molar-refractivity contribution in [3.8, 4) is 17.2 Å². The minimum Gasteiger partial charge on any atom is -0.508 e. The van der Waals surface area contributed by atoms with Crippen LogP contribution in [-0.4, -0.2) is 64.6 Å². The van der Waals surface area contributed by atoms with Crippen LogP contribution < -0.4 is 31.8 Å². The lowest BCUT2D eigenvalue weighted by Gasteiger charge is -2.49. The van der Waals surface area contributed by atoms with Crippen molar-refractivity contribution in [1.82, 2.24) is 33.5 Å². The van der Waals surface area contributed by atoms with E-state index in [1.54, 1.807) is 37.4 Å². The average molecular weight is 954 g/mol. The molecule has 2 amide bonds. The van der Waals surface area contributed by atoms with E-state index >= 15 is 4.79 Å². The van der Waals surface area contributed by atoms with E-state index < -0.39 is 74.6 Å². The summed E-state index contributed by atoms with van der Waals surface area (Å²) in [4.78, 5) is 81.1. The molecule has 9 rings (SSSR count). The lowest BCUT2D eigenvalue weighted by Crippen LogP contribution is -2.53. The Bertz CT molecular complexity index is 3220. The van der Waals surface area contributed by atoms with Crippen LogP contribution in [0.4, 0.5) is 19.0 Å². The van der Waals surface area contributed by atoms with Gasteiger partial charge in [-0.3, -0.25) is 19.8 Å². The number of nitrogens with zero attached hydrogens (tertiary/aromatic N) is 7. The third-order valence-corrected chi connectivity index (χ3v) is 13.2. The number of ether oxygens (including phenoxy) is 2. The highest BCUT2D eigenvalue weighted by Gasteiger charge is 2.69. The maximum Gasteiger partial charge on any atom is 0.417 e. The highest BCUT2D eigenvalue weighted by atomic mass is 35.5. The molecule has 4 atom stereocenters. The van der Waals surface area contributed by atoms with Gasteiger partial charge in [-0.25, -0.2) is 33.5 Å². The van der Waals surface area contributed by atoms with E-state index in [1.807, 2.05) is 0 Å². The number of anilines is 1. The normalized spacial score (nSPS) is 20.4. The Kier molecular flexibility index (Phi) is 10.6. The summed E-state index contributed by atoms with van der Waals surface area (Å²) in [5.74, 6) is -4.46. The molecule has 0 bridgehead atoms. The van der Waals surface area contributed by atoms with E-state index in [4.69, 9.17) is 44.3 Å². The smallest absolute Gasteiger partial charge is 0.417 e. The van der Waals surface area contributed by atoms with Crippen molar-refractivity contribution in [3.05, 3.63) is 147 Å². The number of allylic oxidation sites excluding steroid dienone is 2. The summed E-state index contributed by atoms with van der Waals surface area (Å²) in [5, 5.41) is 12.1. The number of hydrazine groups is 1. The van der Waals surface area contributed by atoms with Gasteiger partial charge in [0.1, 0.15) is 11.4 Å². The van der Waals surface area contributed by atoms with Crippen LogP contribution >= 0.6 is 34.8 Å². The monoisotopic (exact) mass is 952 g/mol. The minimum atomic E-state index is -4.80. The van der Waals surface area contributed by atoms with Crippen LogP contribution in [0.1, 0.15) is 40.8 Å². The van der Waals surface area contributed by atoms with Gasteiger partial charge in [-0.15, -0.1) is 0 Å². The van der Waals surface area contributed by atoms with E-state index in [0.717, 1.165) is 4.57 Å². The number of carbonyl (C=O) groups is 2. The molecular formula is C43H34Cl3F3N8O8. The number of aryl methyl sites for hydroxylation is 2. The van der Waals surface area contributed by atoms with Crippen LogP contribution in [-0.2, 0) is 47.7 Å². The van der Waals surface area contributed by atoms with Crippen LogP contribution in [0, 0.1) is 5.92 Å². The van der Waals surface area contributed by atoms with Gasteiger partial charge in [-0.2, -0.15) is 18.2 Å². The first-order chi connectivity index (χ1) is 30.9. The van der Waals surface area contributed by atoms with Crippen molar-refractivity contribution in [2.75, 3.05) is 19.6 Å². The zero-order valence-corrected chi connectivity index (χ0v) is 36.5. The van der Waals surface area contributed by atoms with Crippen LogP contribution in [0.25, 0.3) is 11.0 Å². The van der Waals surface area contributed by atoms with Gasteiger partial charge in [0.15, 0.2) is 17.3 Å². The third-order valence-electron chi connectivity index (χ3n) is 12.4. The number of aromatic nitrogens is 6. The fraction of sp³-hybridized carbons (Fsp3) is 0.279. The molecule has 22 heteroatoms. The molecule has 3 aromatic carbocycles. The predicted molar refractivity (Wildman–Crippen MR) is 231 cm³/mol. The van der Waals surface area contributed by atoms with Gasteiger partial charge in [-0.1, -0.05) is 53.0 Å². The number of halogens is 6. The van der Waals surface area contributed by atoms with E-state index in [1.165, 1.54) is 58.5 Å². The van der Waals surface area contributed by atoms with Gasteiger partial charge in [0.25, 0.3) is 17.4 Å². The number of hydrogen-bond acceptors (Lipinski definition) is 11. The number of fused-ring (bicyclic) bond motifs is 5. The number of aromatic hydroxyl groups is 1. The first-order valence-corrected chi connectivity index (χ1v) is 20.9. The highest BCUT2D eigenvalue weighted by molar-refractivity contribution is 6.33. The SMILES string of the molecule is COc1cc2nc(CCn3c(=O)n4n(c3=O)C3CC5C(=O)N(Nc6ncc(C(F)(F)F)cc6Cl)C(=O)C5(c5ccc(Cl)cc5)C(c5cc(Cl)ccc5O)C3=CC4)c(=O)n(C)c2cc1OC. The number of phenolic OH excluding ortho intramolecular Hbond substituents is 1. The number of rotatable bonds is 9. The summed E-state index contributed by atoms with van der Waals surface area (Å²) >= 11 is 19.2. The van der Waals surface area contributed by atoms with Crippen molar-refractivity contribution in [2.24, 2.45) is 13.0 Å². The van der Waals surface area contributed by atoms with Gasteiger partial charge in [0, 0.05) is 59.9 Å². The molecule has 1 saturated carbocycles. The summed E-state index contributed by atoms with van der Waals surface area (Å²) in [5.41, 5.74) is -0.940. The molecule has 1 aliphatic carbocycles. The molecule has 1 saturated heterocycles. The highest BCUT2D eigenvalue weighted by Crippen LogP contribution is 2.63. The summed E-state index contributed by atoms with van der Waals surface area (Å²) in [6.45, 7) is -0.473. The zero-order chi connectivity index (χ0) is 46.4. The first-order valence-electron chi connectivity index (χ1n) is 19.8. The molecule has 6 aromatic rings. The van der Waals surface area contributed by atoms with Crippen molar-refractivity contribution in [1.29, 1.82) is 0 Å². The lowest BCUT2D eigenvalue weighted by atomic mass is 9.53. The molecule has 3 aliphatic rings. The second kappa shape index (κ2) is 15.8. The van der Waals surface area contributed by atoms with Crippen molar-refractivity contribution < 1.29 is 37.3 Å². The number of pyridine rings is 1. The molecule has 16 nitrogen and oxygen atoms in total. The quantitative estimate of drug-likeness (QED) is 0.128. The lowest BCUT2D eigenvalue weighted by molar-refractivity contribution is -0.139. The molecule has 0 radical (unpaired) electrons. The molecule has 5 heterocycles. The summed E-state index contributed by atoms with van der Waals surface area (Å²) in [6.07, 6.45) is -3.07. The minimum absolute atomic E-state index is 0.0544. The topological polar surface area (TPSA) is 185 Å². The summed E-state index contributed by atoms with van der Waals surface area (Å²) in [7, 11) is 4.46. The predicted octanol–water partition coefficient (Wildman–Crippen LogP) is 6.02. The number of hydrogen-bond donors (Lipinski definition) is 2. The fourth-order valence-electron chi connectivity index (χ4n) is 9.47. The van der Waals surface area contributed by atoms with E-state index in [0.29, 0.717) is 45.4 Å². The Morgan fingerprint density at radius 3 is 2.29 bits per heavy atom. The Morgan fingerprint density at radius 2 is 1.62 bits per heavy atom. The van der Waals surface area contributed by atoms with Crippen LogP contribution in [0.2, 0.25) is 15.1 Å². The first kappa shape index (κ1) is 43.7. The number of benzene rings is 3. The fourth-order valence-corrected chi connectivity index (χ4v) is 9.99. The third kappa shape index (κ3) is 6.77. The molecule has 3 aromatic heterocycles. The van der Waals surface area contributed by atoms with Gasteiger partial charge in [-0.05, 0) is 54.0 Å². The van der Waals surface area contributed by atoms with E-state index in [-0.39, 0.29) is 58.5 Å².